The van der Waals surface area contributed by atoms with Crippen molar-refractivity contribution in [1.29, 1.82) is 0 Å². The van der Waals surface area contributed by atoms with E-state index in [1.165, 1.54) is 75.2 Å². The molecule has 0 fully saturated rings. The third kappa shape index (κ3) is 6.47. The van der Waals surface area contributed by atoms with E-state index >= 15 is 0 Å². The van der Waals surface area contributed by atoms with E-state index in [0.717, 1.165) is 22.7 Å². The van der Waals surface area contributed by atoms with Crippen LogP contribution in [-0.4, -0.2) is 12.6 Å². The lowest BCUT2D eigenvalue weighted by atomic mass is 9.98. The summed E-state index contributed by atoms with van der Waals surface area (Å²) in [6.07, 6.45) is 0. The molecule has 0 aliphatic heterocycles. The van der Waals surface area contributed by atoms with Gasteiger partial charge in [-0.3, -0.25) is 0 Å². The second kappa shape index (κ2) is 16.1. The molecule has 1 aromatic heterocycles. The third-order valence-electron chi connectivity index (χ3n) is 13.3. The van der Waals surface area contributed by atoms with Gasteiger partial charge in [-0.1, -0.05) is 206 Å². The molecule has 0 N–H and O–H groups in total. The van der Waals surface area contributed by atoms with E-state index in [4.69, 9.17) is 0 Å². The molecule has 0 saturated carbocycles. The molecule has 2 nitrogen and oxygen atoms in total. The van der Waals surface area contributed by atoms with Crippen LogP contribution in [0.4, 0.5) is 17.1 Å². The molecule has 1 heterocycles. The van der Waals surface area contributed by atoms with Gasteiger partial charge in [-0.25, -0.2) is 0 Å². The molecule has 0 unspecified atom stereocenters. The summed E-state index contributed by atoms with van der Waals surface area (Å²) in [7, 11) is -2.73. The zero-order valence-corrected chi connectivity index (χ0v) is 36.8. The molecule has 0 bridgehead atoms. The van der Waals surface area contributed by atoms with Crippen LogP contribution in [0, 0.1) is 0 Å². The first-order chi connectivity index (χ1) is 32.3. The quantitative estimate of drug-likeness (QED) is 0.0798. The zero-order chi connectivity index (χ0) is 43.2. The van der Waals surface area contributed by atoms with E-state index in [0.29, 0.717) is 0 Å². The Balaban J connectivity index is 1.07. The monoisotopic (exact) mass is 844 g/mol. The van der Waals surface area contributed by atoms with Gasteiger partial charge in [0.1, 0.15) is 0 Å². The van der Waals surface area contributed by atoms with Gasteiger partial charge in [0.25, 0.3) is 0 Å². The van der Waals surface area contributed by atoms with Crippen molar-refractivity contribution in [1.82, 2.24) is 4.57 Å². The molecule has 0 atom stereocenters. The molecular formula is C62H44N2Si. The predicted molar refractivity (Wildman–Crippen MR) is 280 cm³/mol. The number of hydrogen-bond donors (Lipinski definition) is 0. The van der Waals surface area contributed by atoms with Gasteiger partial charge in [0.2, 0.25) is 0 Å². The molecule has 65 heavy (non-hydrogen) atoms. The number of para-hydroxylation sites is 2. The van der Waals surface area contributed by atoms with Crippen molar-refractivity contribution in [3.8, 4) is 16.8 Å². The summed E-state index contributed by atoms with van der Waals surface area (Å²) in [4.78, 5) is 2.44. The number of anilines is 3. The van der Waals surface area contributed by atoms with Gasteiger partial charge >= 0.3 is 0 Å². The van der Waals surface area contributed by atoms with Gasteiger partial charge in [-0.2, -0.15) is 0 Å². The Morgan fingerprint density at radius 2 is 0.800 bits per heavy atom. The fraction of sp³-hybridized carbons (Fsp3) is 0. The van der Waals surface area contributed by atoms with Crippen molar-refractivity contribution in [2.24, 2.45) is 0 Å². The second-order valence-electron chi connectivity index (χ2n) is 16.9. The molecule has 3 heteroatoms. The normalized spacial score (nSPS) is 11.7. The largest absolute Gasteiger partial charge is 0.310 e. The lowest BCUT2D eigenvalue weighted by Crippen LogP contribution is -2.74. The molecule has 0 radical (unpaired) electrons. The maximum absolute atomic E-state index is 2.73. The lowest BCUT2D eigenvalue weighted by Gasteiger charge is -2.35. The highest BCUT2D eigenvalue weighted by atomic mass is 28.3. The van der Waals surface area contributed by atoms with Crippen LogP contribution < -0.4 is 25.6 Å². The molecule has 11 aromatic carbocycles. The average Bonchev–Trinajstić information content (AvgIpc) is 3.73. The maximum Gasteiger partial charge on any atom is 0.179 e. The van der Waals surface area contributed by atoms with Crippen LogP contribution >= 0.6 is 0 Å². The van der Waals surface area contributed by atoms with Gasteiger partial charge in [0.05, 0.1) is 11.0 Å². The van der Waals surface area contributed by atoms with Gasteiger partial charge < -0.3 is 9.47 Å². The highest BCUT2D eigenvalue weighted by Crippen LogP contribution is 2.42. The van der Waals surface area contributed by atoms with Gasteiger partial charge in [-0.05, 0) is 114 Å². The van der Waals surface area contributed by atoms with Crippen LogP contribution in [0.15, 0.2) is 267 Å². The number of benzene rings is 11. The van der Waals surface area contributed by atoms with Gasteiger partial charge in [0, 0.05) is 33.5 Å². The van der Waals surface area contributed by atoms with Crippen LogP contribution in [0.5, 0.6) is 0 Å². The zero-order valence-electron chi connectivity index (χ0n) is 35.8. The Hall–Kier alpha value is -8.24. The maximum atomic E-state index is 2.44. The van der Waals surface area contributed by atoms with Crippen LogP contribution in [0.25, 0.3) is 60.2 Å². The minimum atomic E-state index is -2.73. The van der Waals surface area contributed by atoms with Crippen molar-refractivity contribution in [2.45, 2.75) is 0 Å². The average molecular weight is 845 g/mol. The van der Waals surface area contributed by atoms with Gasteiger partial charge in [-0.15, -0.1) is 0 Å². The van der Waals surface area contributed by atoms with Crippen molar-refractivity contribution in [2.75, 3.05) is 4.90 Å². The fourth-order valence-electron chi connectivity index (χ4n) is 10.4. The van der Waals surface area contributed by atoms with Crippen LogP contribution in [-0.2, 0) is 0 Å². The molecule has 12 rings (SSSR count). The van der Waals surface area contributed by atoms with Crippen LogP contribution in [0.3, 0.4) is 0 Å². The number of aromatic nitrogens is 1. The molecule has 0 spiro atoms. The standard InChI is InChI=1S/C62H44N2Si/c1-5-21-48(22-6-1)64-60-33-16-15-31-58(60)62-57(32-18-34-61(62)64)47-20-17-23-50(43-47)63(51-38-37-46-36-35-45-19-13-14-30-56(45)59(46)44-51)49-39-41-55(42-40-49)65(52-24-7-2-8-25-52,53-26-9-3-10-27-53)54-28-11-4-12-29-54/h1-44H. The molecule has 12 aromatic rings. The van der Waals surface area contributed by atoms with Gasteiger partial charge in [0.15, 0.2) is 8.07 Å². The first-order valence-electron chi connectivity index (χ1n) is 22.4. The molecular weight excluding hydrogens is 801 g/mol. The van der Waals surface area contributed by atoms with E-state index < -0.39 is 8.07 Å². The highest BCUT2D eigenvalue weighted by molar-refractivity contribution is 7.19. The van der Waals surface area contributed by atoms with E-state index in [1.54, 1.807) is 0 Å². The van der Waals surface area contributed by atoms with Crippen LogP contribution in [0.1, 0.15) is 0 Å². The lowest BCUT2D eigenvalue weighted by molar-refractivity contribution is 1.18. The first kappa shape index (κ1) is 38.4. The topological polar surface area (TPSA) is 8.17 Å². The minimum Gasteiger partial charge on any atom is -0.310 e. The minimum absolute atomic E-state index is 1.09. The SMILES string of the molecule is c1ccc(-n2c3ccccc3c3c(-c4cccc(N(c5ccc([Si](c6ccccc6)(c6ccccc6)c6ccccc6)cc5)c5ccc6ccc7ccccc7c6c5)c4)cccc32)cc1. The molecule has 0 amide bonds. The summed E-state index contributed by atoms with van der Waals surface area (Å²) in [5.74, 6) is 0. The van der Waals surface area contributed by atoms with E-state index in [1.807, 2.05) is 0 Å². The number of nitrogens with zero attached hydrogens (tertiary/aromatic N) is 2. The third-order valence-corrected chi connectivity index (χ3v) is 18.1. The number of fused-ring (bicyclic) bond motifs is 6. The molecule has 0 aliphatic carbocycles. The van der Waals surface area contributed by atoms with Crippen molar-refractivity contribution in [3.63, 3.8) is 0 Å². The Morgan fingerprint density at radius 3 is 1.48 bits per heavy atom. The van der Waals surface area contributed by atoms with Crippen molar-refractivity contribution < 1.29 is 0 Å². The number of hydrogen-bond acceptors (Lipinski definition) is 1. The summed E-state index contributed by atoms with van der Waals surface area (Å²) in [5.41, 5.74) is 9.22. The highest BCUT2D eigenvalue weighted by Gasteiger charge is 2.41. The summed E-state index contributed by atoms with van der Waals surface area (Å²) >= 11 is 0. The second-order valence-corrected chi connectivity index (χ2v) is 20.7. The molecule has 0 aliphatic rings. The Morgan fingerprint density at radius 1 is 0.308 bits per heavy atom. The summed E-state index contributed by atoms with van der Waals surface area (Å²) in [5, 5.41) is 12.9. The summed E-state index contributed by atoms with van der Waals surface area (Å²) in [6.45, 7) is 0. The Bertz CT molecular complexity index is 3540. The smallest absolute Gasteiger partial charge is 0.179 e. The van der Waals surface area contributed by atoms with E-state index in [-0.39, 0.29) is 0 Å². The first-order valence-corrected chi connectivity index (χ1v) is 24.4. The van der Waals surface area contributed by atoms with E-state index in [2.05, 4.69) is 276 Å². The molecule has 306 valence electrons. The number of rotatable bonds is 9. The predicted octanol–water partition coefficient (Wildman–Crippen LogP) is 13.6. The molecule has 0 saturated heterocycles. The Kier molecular flexibility index (Phi) is 9.55. The van der Waals surface area contributed by atoms with E-state index in [9.17, 15) is 0 Å². The summed E-state index contributed by atoms with van der Waals surface area (Å²) < 4.78 is 2.40. The van der Waals surface area contributed by atoms with Crippen LogP contribution in [0.2, 0.25) is 0 Å². The van der Waals surface area contributed by atoms with Crippen molar-refractivity contribution >= 4 is 89.2 Å². The Labute approximate surface area is 380 Å². The fourth-order valence-corrected chi connectivity index (χ4v) is 15.2. The summed E-state index contributed by atoms with van der Waals surface area (Å²) in [6, 6.07) is 98.5. The van der Waals surface area contributed by atoms with Crippen molar-refractivity contribution in [3.05, 3.63) is 267 Å².